The molecule has 1 aliphatic rings. The van der Waals surface area contributed by atoms with Gasteiger partial charge in [0.1, 0.15) is 0 Å². The highest BCUT2D eigenvalue weighted by Crippen LogP contribution is 2.28. The molecule has 1 saturated carbocycles. The summed E-state index contributed by atoms with van der Waals surface area (Å²) in [6, 6.07) is 5.77. The second-order valence-corrected chi connectivity index (χ2v) is 4.98. The summed E-state index contributed by atoms with van der Waals surface area (Å²) in [5.74, 6) is -0.966. The summed E-state index contributed by atoms with van der Waals surface area (Å²) in [7, 11) is 2.03. The van der Waals surface area contributed by atoms with E-state index < -0.39 is 5.97 Å². The minimum Gasteiger partial charge on any atom is -0.478 e. The Kier molecular flexibility index (Phi) is 3.75. The lowest BCUT2D eigenvalue weighted by Crippen LogP contribution is -2.33. The predicted octanol–water partition coefficient (Wildman–Crippen LogP) is 2.74. The van der Waals surface area contributed by atoms with Gasteiger partial charge in [0.15, 0.2) is 0 Å². The maximum absolute atomic E-state index is 11.1. The molecule has 0 aliphatic heterocycles. The van der Waals surface area contributed by atoms with Crippen LogP contribution in [0.1, 0.15) is 42.5 Å². The highest BCUT2D eigenvalue weighted by molar-refractivity contribution is 5.94. The Morgan fingerprint density at radius 2 is 2.00 bits per heavy atom. The Bertz CT molecular complexity index is 439. The number of hydrogen-bond donors (Lipinski definition) is 2. The van der Waals surface area contributed by atoms with Gasteiger partial charge in [-0.05, 0) is 31.0 Å². The molecule has 4 nitrogen and oxygen atoms in total. The Hall–Kier alpha value is -1.71. The van der Waals surface area contributed by atoms with Crippen LogP contribution in [0.25, 0.3) is 0 Å². The van der Waals surface area contributed by atoms with E-state index in [4.69, 9.17) is 10.8 Å². The quantitative estimate of drug-likeness (QED) is 0.807. The minimum absolute atomic E-state index is 0.190. The minimum atomic E-state index is -0.966. The summed E-state index contributed by atoms with van der Waals surface area (Å²) in [6.07, 6.45) is 6.20. The Balaban J connectivity index is 2.21. The first-order chi connectivity index (χ1) is 8.59. The molecule has 18 heavy (non-hydrogen) atoms. The Morgan fingerprint density at radius 1 is 1.33 bits per heavy atom. The molecule has 0 spiro atoms. The number of hydrogen-bond acceptors (Lipinski definition) is 3. The molecule has 98 valence electrons. The number of anilines is 2. The van der Waals surface area contributed by atoms with E-state index in [2.05, 4.69) is 4.90 Å². The van der Waals surface area contributed by atoms with Crippen LogP contribution >= 0.6 is 0 Å². The molecule has 3 N–H and O–H groups in total. The highest BCUT2D eigenvalue weighted by Gasteiger charge is 2.19. The zero-order valence-electron chi connectivity index (χ0n) is 10.7. The van der Waals surface area contributed by atoms with Crippen LogP contribution in [0.15, 0.2) is 18.2 Å². The second-order valence-electron chi connectivity index (χ2n) is 4.98. The molecule has 0 bridgehead atoms. The highest BCUT2D eigenvalue weighted by atomic mass is 16.4. The number of nitrogen functional groups attached to an aromatic ring is 1. The van der Waals surface area contributed by atoms with Crippen molar-refractivity contribution < 1.29 is 9.90 Å². The molecular weight excluding hydrogens is 228 g/mol. The number of benzene rings is 1. The van der Waals surface area contributed by atoms with Crippen molar-refractivity contribution in [1.82, 2.24) is 0 Å². The molecule has 0 atom stereocenters. The van der Waals surface area contributed by atoms with E-state index in [1.165, 1.54) is 32.1 Å². The zero-order chi connectivity index (χ0) is 13.1. The fourth-order valence-electron chi connectivity index (χ4n) is 2.63. The summed E-state index contributed by atoms with van der Waals surface area (Å²) < 4.78 is 0. The third-order valence-electron chi connectivity index (χ3n) is 3.80. The Labute approximate surface area is 107 Å². The van der Waals surface area contributed by atoms with Crippen molar-refractivity contribution in [2.45, 2.75) is 38.1 Å². The first-order valence-electron chi connectivity index (χ1n) is 6.45. The van der Waals surface area contributed by atoms with Gasteiger partial charge in [-0.25, -0.2) is 4.79 Å². The van der Waals surface area contributed by atoms with Crippen molar-refractivity contribution in [3.63, 3.8) is 0 Å². The van der Waals surface area contributed by atoms with Gasteiger partial charge >= 0.3 is 5.97 Å². The van der Waals surface area contributed by atoms with Crippen LogP contribution in [0, 0.1) is 0 Å². The van der Waals surface area contributed by atoms with Crippen LogP contribution in [0.3, 0.4) is 0 Å². The van der Waals surface area contributed by atoms with Crippen molar-refractivity contribution in [2.24, 2.45) is 0 Å². The summed E-state index contributed by atoms with van der Waals surface area (Å²) in [6.45, 7) is 0. The summed E-state index contributed by atoms with van der Waals surface area (Å²) >= 11 is 0. The standard InChI is InChI=1S/C14H20N2O2/c1-16(10-5-3-2-4-6-10)11-7-8-13(15)12(9-11)14(17)18/h7-10H,2-6,15H2,1H3,(H,17,18). The van der Waals surface area contributed by atoms with Crippen LogP contribution in [-0.4, -0.2) is 24.2 Å². The largest absolute Gasteiger partial charge is 0.478 e. The SMILES string of the molecule is CN(c1ccc(N)c(C(=O)O)c1)C1CCCCC1. The number of nitrogens with two attached hydrogens (primary N) is 1. The fourth-order valence-corrected chi connectivity index (χ4v) is 2.63. The Morgan fingerprint density at radius 3 is 2.61 bits per heavy atom. The number of rotatable bonds is 3. The van der Waals surface area contributed by atoms with E-state index in [1.807, 2.05) is 13.1 Å². The van der Waals surface area contributed by atoms with Crippen molar-refractivity contribution in [3.8, 4) is 0 Å². The maximum atomic E-state index is 11.1. The van der Waals surface area contributed by atoms with Crippen molar-refractivity contribution in [1.29, 1.82) is 0 Å². The number of nitrogens with zero attached hydrogens (tertiary/aromatic N) is 1. The molecule has 0 amide bonds. The van der Waals surface area contributed by atoms with Gasteiger partial charge in [-0.1, -0.05) is 19.3 Å². The molecule has 2 rings (SSSR count). The third-order valence-corrected chi connectivity index (χ3v) is 3.80. The first kappa shape index (κ1) is 12.7. The molecule has 0 saturated heterocycles. The molecule has 0 radical (unpaired) electrons. The average Bonchev–Trinajstić information content (AvgIpc) is 2.39. The molecule has 1 fully saturated rings. The summed E-state index contributed by atoms with van der Waals surface area (Å²) in [4.78, 5) is 13.3. The number of carbonyl (C=O) groups is 1. The molecule has 4 heteroatoms. The van der Waals surface area contributed by atoms with Crippen molar-refractivity contribution in [2.75, 3.05) is 17.7 Å². The first-order valence-corrected chi connectivity index (χ1v) is 6.45. The zero-order valence-corrected chi connectivity index (χ0v) is 10.7. The van der Waals surface area contributed by atoms with Gasteiger partial charge in [0.25, 0.3) is 0 Å². The van der Waals surface area contributed by atoms with Crippen molar-refractivity contribution in [3.05, 3.63) is 23.8 Å². The lowest BCUT2D eigenvalue weighted by Gasteiger charge is -2.33. The summed E-state index contributed by atoms with van der Waals surface area (Å²) in [5, 5.41) is 9.08. The van der Waals surface area contributed by atoms with Gasteiger partial charge in [-0.15, -0.1) is 0 Å². The van der Waals surface area contributed by atoms with E-state index >= 15 is 0 Å². The normalized spacial score (nSPS) is 16.5. The topological polar surface area (TPSA) is 66.6 Å². The fraction of sp³-hybridized carbons (Fsp3) is 0.500. The molecular formula is C14H20N2O2. The predicted molar refractivity (Wildman–Crippen MR) is 73.1 cm³/mol. The van der Waals surface area contributed by atoms with Gasteiger partial charge < -0.3 is 15.7 Å². The van der Waals surface area contributed by atoms with E-state index in [9.17, 15) is 4.79 Å². The molecule has 0 unspecified atom stereocenters. The second kappa shape index (κ2) is 5.29. The lowest BCUT2D eigenvalue weighted by atomic mass is 9.94. The number of aromatic carboxylic acids is 1. The van der Waals surface area contributed by atoms with Crippen LogP contribution in [0.4, 0.5) is 11.4 Å². The number of carboxylic acid groups (broad SMARTS) is 1. The third kappa shape index (κ3) is 2.58. The molecule has 1 aromatic carbocycles. The van der Waals surface area contributed by atoms with E-state index in [-0.39, 0.29) is 5.56 Å². The van der Waals surface area contributed by atoms with Crippen LogP contribution in [0.5, 0.6) is 0 Å². The van der Waals surface area contributed by atoms with E-state index in [1.54, 1.807) is 12.1 Å². The van der Waals surface area contributed by atoms with Crippen LogP contribution in [0.2, 0.25) is 0 Å². The molecule has 0 heterocycles. The van der Waals surface area contributed by atoms with Crippen LogP contribution < -0.4 is 10.6 Å². The smallest absolute Gasteiger partial charge is 0.337 e. The van der Waals surface area contributed by atoms with Gasteiger partial charge in [0.05, 0.1) is 5.56 Å². The van der Waals surface area contributed by atoms with Gasteiger partial charge in [-0.2, -0.15) is 0 Å². The van der Waals surface area contributed by atoms with Crippen molar-refractivity contribution >= 4 is 17.3 Å². The monoisotopic (exact) mass is 248 g/mol. The van der Waals surface area contributed by atoms with E-state index in [0.29, 0.717) is 11.7 Å². The lowest BCUT2D eigenvalue weighted by molar-refractivity contribution is 0.0698. The van der Waals surface area contributed by atoms with Crippen LogP contribution in [-0.2, 0) is 0 Å². The van der Waals surface area contributed by atoms with E-state index in [0.717, 1.165) is 5.69 Å². The molecule has 1 aliphatic carbocycles. The number of carboxylic acids is 1. The summed E-state index contributed by atoms with van der Waals surface area (Å²) in [5.41, 5.74) is 7.12. The molecule has 0 aromatic heterocycles. The van der Waals surface area contributed by atoms with Gasteiger partial charge in [0, 0.05) is 24.5 Å². The van der Waals surface area contributed by atoms with Gasteiger partial charge in [0.2, 0.25) is 0 Å². The van der Waals surface area contributed by atoms with Gasteiger partial charge in [-0.3, -0.25) is 0 Å². The average molecular weight is 248 g/mol. The molecule has 1 aromatic rings. The maximum Gasteiger partial charge on any atom is 0.337 e.